The van der Waals surface area contributed by atoms with Gasteiger partial charge in [0.2, 0.25) is 0 Å². The number of ether oxygens (including phenoxy) is 2. The number of aryl methyl sites for hydroxylation is 2. The maximum Gasteiger partial charge on any atom is 0.276 e. The van der Waals surface area contributed by atoms with E-state index in [0.717, 1.165) is 22.0 Å². The summed E-state index contributed by atoms with van der Waals surface area (Å²) in [5.74, 6) is 0.693. The molecule has 2 aromatic carbocycles. The molecule has 29 heavy (non-hydrogen) atoms. The molecular formula is C22H27BrN2O4. The van der Waals surface area contributed by atoms with Crippen molar-refractivity contribution in [2.24, 2.45) is 0 Å². The Balaban J connectivity index is 1.74. The van der Waals surface area contributed by atoms with Gasteiger partial charge in [0.15, 0.2) is 13.2 Å². The molecule has 0 saturated heterocycles. The number of benzene rings is 2. The monoisotopic (exact) mass is 462 g/mol. The Hall–Kier alpha value is -2.54. The van der Waals surface area contributed by atoms with E-state index < -0.39 is 11.8 Å². The van der Waals surface area contributed by atoms with E-state index in [4.69, 9.17) is 9.47 Å². The van der Waals surface area contributed by atoms with Gasteiger partial charge in [0.25, 0.3) is 11.8 Å². The third-order valence-electron chi connectivity index (χ3n) is 4.40. The van der Waals surface area contributed by atoms with Crippen molar-refractivity contribution in [1.29, 1.82) is 0 Å². The van der Waals surface area contributed by atoms with Crippen LogP contribution in [0.5, 0.6) is 11.5 Å². The zero-order valence-electron chi connectivity index (χ0n) is 17.2. The van der Waals surface area contributed by atoms with Crippen LogP contribution in [0.25, 0.3) is 0 Å². The van der Waals surface area contributed by atoms with Gasteiger partial charge in [0, 0.05) is 0 Å². The van der Waals surface area contributed by atoms with Crippen LogP contribution in [0.3, 0.4) is 0 Å². The van der Waals surface area contributed by atoms with E-state index in [-0.39, 0.29) is 13.2 Å². The lowest BCUT2D eigenvalue weighted by molar-refractivity contribution is -0.131. The smallest absolute Gasteiger partial charge is 0.276 e. The van der Waals surface area contributed by atoms with Crippen LogP contribution in [0.15, 0.2) is 40.9 Å². The first kappa shape index (κ1) is 22.7. The van der Waals surface area contributed by atoms with E-state index in [1.54, 1.807) is 0 Å². The summed E-state index contributed by atoms with van der Waals surface area (Å²) in [6.07, 6.45) is 1.04. The molecule has 156 valence electrons. The normalized spacial score (nSPS) is 11.5. The molecule has 2 amide bonds. The summed E-state index contributed by atoms with van der Waals surface area (Å²) in [5.41, 5.74) is 7.92. The topological polar surface area (TPSA) is 76.7 Å². The van der Waals surface area contributed by atoms with E-state index in [0.29, 0.717) is 17.4 Å². The molecule has 0 aliphatic carbocycles. The molecule has 0 aromatic heterocycles. The highest BCUT2D eigenvalue weighted by Crippen LogP contribution is 2.30. The van der Waals surface area contributed by atoms with Gasteiger partial charge in [-0.15, -0.1) is 0 Å². The van der Waals surface area contributed by atoms with Gasteiger partial charge in [-0.05, 0) is 83.1 Å². The summed E-state index contributed by atoms with van der Waals surface area (Å²) in [6, 6.07) is 11.5. The first-order valence-corrected chi connectivity index (χ1v) is 10.3. The molecule has 0 radical (unpaired) electrons. The Labute approximate surface area is 180 Å². The van der Waals surface area contributed by atoms with Crippen LogP contribution in [-0.4, -0.2) is 25.0 Å². The predicted octanol–water partition coefficient (Wildman–Crippen LogP) is 4.18. The highest BCUT2D eigenvalue weighted by molar-refractivity contribution is 9.10. The lowest BCUT2D eigenvalue weighted by Crippen LogP contribution is -2.45. The quantitative estimate of drug-likeness (QED) is 0.576. The molecule has 2 aromatic rings. The summed E-state index contributed by atoms with van der Waals surface area (Å²) < 4.78 is 11.7. The Kier molecular flexibility index (Phi) is 8.51. The molecule has 0 spiro atoms. The molecule has 6 nitrogen and oxygen atoms in total. The predicted molar refractivity (Wildman–Crippen MR) is 116 cm³/mol. The SMILES string of the molecule is CCC(C)c1ccc(OCC(=O)NNC(=O)COc2cc(C)cc(C)c2)c(Br)c1. The van der Waals surface area contributed by atoms with Crippen molar-refractivity contribution in [2.75, 3.05) is 13.2 Å². The fraction of sp³-hybridized carbons (Fsp3) is 0.364. The second kappa shape index (κ2) is 10.9. The molecule has 1 atom stereocenters. The summed E-state index contributed by atoms with van der Waals surface area (Å²) >= 11 is 3.47. The molecule has 0 saturated carbocycles. The zero-order valence-corrected chi connectivity index (χ0v) is 18.8. The Morgan fingerprint density at radius 3 is 2.10 bits per heavy atom. The summed E-state index contributed by atoms with van der Waals surface area (Å²) in [6.45, 7) is 7.77. The van der Waals surface area contributed by atoms with E-state index in [1.807, 2.05) is 50.2 Å². The highest BCUT2D eigenvalue weighted by atomic mass is 79.9. The number of carbonyl (C=O) groups is 2. The van der Waals surface area contributed by atoms with Crippen LogP contribution in [0.2, 0.25) is 0 Å². The molecule has 2 rings (SSSR count). The van der Waals surface area contributed by atoms with E-state index in [2.05, 4.69) is 40.6 Å². The Morgan fingerprint density at radius 1 is 0.966 bits per heavy atom. The largest absolute Gasteiger partial charge is 0.484 e. The van der Waals surface area contributed by atoms with Gasteiger partial charge >= 0.3 is 0 Å². The Bertz CT molecular complexity index is 850. The minimum Gasteiger partial charge on any atom is -0.484 e. The lowest BCUT2D eigenvalue weighted by Gasteiger charge is -2.13. The van der Waals surface area contributed by atoms with Crippen molar-refractivity contribution in [3.05, 3.63) is 57.6 Å². The summed E-state index contributed by atoms with van der Waals surface area (Å²) in [4.78, 5) is 23.8. The van der Waals surface area contributed by atoms with Crippen LogP contribution in [0.4, 0.5) is 0 Å². The minimum atomic E-state index is -0.470. The second-order valence-corrected chi connectivity index (χ2v) is 7.85. The number of halogens is 1. The van der Waals surface area contributed by atoms with Gasteiger partial charge in [-0.2, -0.15) is 0 Å². The average molecular weight is 463 g/mol. The van der Waals surface area contributed by atoms with Crippen molar-refractivity contribution >= 4 is 27.7 Å². The van der Waals surface area contributed by atoms with Crippen molar-refractivity contribution in [2.45, 2.75) is 40.0 Å². The third kappa shape index (κ3) is 7.42. The lowest BCUT2D eigenvalue weighted by atomic mass is 9.99. The number of hydrogen-bond donors (Lipinski definition) is 2. The standard InChI is InChI=1S/C22H27BrN2O4/c1-5-16(4)17-6-7-20(19(23)11-17)29-13-22(27)25-24-21(26)12-28-18-9-14(2)8-15(3)10-18/h6-11,16H,5,12-13H2,1-4H3,(H,24,26)(H,25,27). The van der Waals surface area contributed by atoms with Gasteiger partial charge in [-0.25, -0.2) is 0 Å². The maximum atomic E-state index is 11.9. The molecule has 7 heteroatoms. The van der Waals surface area contributed by atoms with E-state index in [1.165, 1.54) is 5.56 Å². The number of nitrogens with one attached hydrogen (secondary N) is 2. The van der Waals surface area contributed by atoms with Gasteiger partial charge < -0.3 is 9.47 Å². The second-order valence-electron chi connectivity index (χ2n) is 7.00. The van der Waals surface area contributed by atoms with Crippen LogP contribution >= 0.6 is 15.9 Å². The molecular weight excluding hydrogens is 436 g/mol. The molecule has 0 fully saturated rings. The van der Waals surface area contributed by atoms with E-state index >= 15 is 0 Å². The van der Waals surface area contributed by atoms with Gasteiger partial charge in [0.05, 0.1) is 4.47 Å². The first-order valence-electron chi connectivity index (χ1n) is 9.49. The average Bonchev–Trinajstić information content (AvgIpc) is 2.68. The van der Waals surface area contributed by atoms with Crippen molar-refractivity contribution in [3.8, 4) is 11.5 Å². The number of hydrazine groups is 1. The van der Waals surface area contributed by atoms with Gasteiger partial charge in [-0.1, -0.05) is 26.0 Å². The fourth-order valence-electron chi connectivity index (χ4n) is 2.70. The third-order valence-corrected chi connectivity index (χ3v) is 5.02. The Morgan fingerprint density at radius 2 is 1.55 bits per heavy atom. The van der Waals surface area contributed by atoms with Crippen LogP contribution in [0, 0.1) is 13.8 Å². The van der Waals surface area contributed by atoms with Crippen molar-refractivity contribution < 1.29 is 19.1 Å². The van der Waals surface area contributed by atoms with Crippen molar-refractivity contribution in [1.82, 2.24) is 10.9 Å². The number of rotatable bonds is 8. The molecule has 2 N–H and O–H groups in total. The van der Waals surface area contributed by atoms with Crippen LogP contribution in [0.1, 0.15) is 42.9 Å². The van der Waals surface area contributed by atoms with Crippen molar-refractivity contribution in [3.63, 3.8) is 0 Å². The molecule has 0 heterocycles. The van der Waals surface area contributed by atoms with Gasteiger partial charge in [0.1, 0.15) is 11.5 Å². The highest BCUT2D eigenvalue weighted by Gasteiger charge is 2.10. The molecule has 0 aliphatic rings. The van der Waals surface area contributed by atoms with Gasteiger partial charge in [-0.3, -0.25) is 20.4 Å². The summed E-state index contributed by atoms with van der Waals surface area (Å²) in [5, 5.41) is 0. The summed E-state index contributed by atoms with van der Waals surface area (Å²) in [7, 11) is 0. The zero-order chi connectivity index (χ0) is 21.4. The first-order chi connectivity index (χ1) is 13.8. The van der Waals surface area contributed by atoms with Crippen LogP contribution < -0.4 is 20.3 Å². The number of carbonyl (C=O) groups excluding carboxylic acids is 2. The molecule has 0 bridgehead atoms. The minimum absolute atomic E-state index is 0.202. The number of hydrogen-bond acceptors (Lipinski definition) is 4. The fourth-order valence-corrected chi connectivity index (χ4v) is 3.21. The molecule has 1 unspecified atom stereocenters. The maximum absolute atomic E-state index is 11.9. The number of amides is 2. The van der Waals surface area contributed by atoms with E-state index in [9.17, 15) is 9.59 Å². The molecule has 0 aliphatic heterocycles. The van der Waals surface area contributed by atoms with Crippen LogP contribution in [-0.2, 0) is 9.59 Å².